The first kappa shape index (κ1) is 25.2. The lowest BCUT2D eigenvalue weighted by Gasteiger charge is -2.26. The van der Waals surface area contributed by atoms with E-state index in [0.717, 1.165) is 11.3 Å². The van der Waals surface area contributed by atoms with Crippen molar-refractivity contribution in [3.8, 4) is 5.75 Å². The number of hydrogen-bond acceptors (Lipinski definition) is 8. The van der Waals surface area contributed by atoms with E-state index >= 15 is 0 Å². The molecule has 0 fully saturated rings. The molecule has 178 valence electrons. The van der Waals surface area contributed by atoms with Crippen molar-refractivity contribution in [1.29, 1.82) is 0 Å². The van der Waals surface area contributed by atoms with Gasteiger partial charge in [0.05, 0.1) is 19.0 Å². The number of methoxy groups -OCH3 is 1. The Morgan fingerprint density at radius 2 is 1.97 bits per heavy atom. The second-order valence-corrected chi connectivity index (χ2v) is 9.68. The van der Waals surface area contributed by atoms with Crippen molar-refractivity contribution in [3.05, 3.63) is 55.9 Å². The predicted octanol–water partition coefficient (Wildman–Crippen LogP) is 3.63. The van der Waals surface area contributed by atoms with E-state index in [1.165, 1.54) is 7.11 Å². The Morgan fingerprint density at radius 1 is 1.27 bits per heavy atom. The standard InChI is InChI=1S/C23H28ClN3O5S/c1-13(2)9-27(10-16(28)12-32-17-7-5-15(24)6-8-17)11-18-25-21(29)19-14(3)20(23(30)31-4)33-22(19)26-18/h5-8,13,16,28H,9-12H2,1-4H3,(H,25,26,29)/t16-/m0/s1. The van der Waals surface area contributed by atoms with Crippen LogP contribution in [0.25, 0.3) is 10.2 Å². The lowest BCUT2D eigenvalue weighted by molar-refractivity contribution is 0.0602. The monoisotopic (exact) mass is 493 g/mol. The SMILES string of the molecule is COC(=O)c1sc2nc(CN(CC(C)C)C[C@H](O)COc3ccc(Cl)cc3)[nH]c(=O)c2c1C. The Morgan fingerprint density at radius 3 is 2.61 bits per heavy atom. The van der Waals surface area contributed by atoms with E-state index in [9.17, 15) is 14.7 Å². The zero-order valence-electron chi connectivity index (χ0n) is 19.1. The van der Waals surface area contributed by atoms with Crippen LogP contribution in [-0.4, -0.2) is 58.9 Å². The number of aliphatic hydroxyl groups excluding tert-OH is 1. The summed E-state index contributed by atoms with van der Waals surface area (Å²) in [5.41, 5.74) is 0.269. The Hall–Kier alpha value is -2.46. The highest BCUT2D eigenvalue weighted by Gasteiger charge is 2.21. The number of hydrogen-bond donors (Lipinski definition) is 2. The molecule has 2 heterocycles. The summed E-state index contributed by atoms with van der Waals surface area (Å²) in [6.07, 6.45) is -0.746. The molecular formula is C23H28ClN3O5S. The van der Waals surface area contributed by atoms with Crippen LogP contribution in [0.2, 0.25) is 5.02 Å². The number of nitrogens with zero attached hydrogens (tertiary/aromatic N) is 2. The average Bonchev–Trinajstić information content (AvgIpc) is 3.09. The van der Waals surface area contributed by atoms with E-state index in [1.807, 2.05) is 4.90 Å². The third-order valence-electron chi connectivity index (χ3n) is 4.94. The number of nitrogens with one attached hydrogen (secondary N) is 1. The van der Waals surface area contributed by atoms with Crippen LogP contribution in [-0.2, 0) is 11.3 Å². The van der Waals surface area contributed by atoms with Crippen LogP contribution in [0.3, 0.4) is 0 Å². The quantitative estimate of drug-likeness (QED) is 0.415. The number of rotatable bonds is 10. The molecule has 0 spiro atoms. The largest absolute Gasteiger partial charge is 0.491 e. The van der Waals surface area contributed by atoms with E-state index in [0.29, 0.717) is 62.8 Å². The number of thiophene rings is 1. The van der Waals surface area contributed by atoms with Gasteiger partial charge in [-0.15, -0.1) is 11.3 Å². The number of ether oxygens (including phenoxy) is 2. The molecule has 0 bridgehead atoms. The molecule has 0 saturated heterocycles. The first-order valence-electron chi connectivity index (χ1n) is 10.6. The number of aryl methyl sites for hydroxylation is 1. The number of carbonyl (C=O) groups excluding carboxylic acids is 1. The fourth-order valence-electron chi connectivity index (χ4n) is 3.56. The normalized spacial score (nSPS) is 12.5. The zero-order chi connectivity index (χ0) is 24.1. The molecule has 1 atom stereocenters. The molecule has 0 aliphatic carbocycles. The number of H-pyrrole nitrogens is 1. The molecule has 3 rings (SSSR count). The van der Waals surface area contributed by atoms with Crippen molar-refractivity contribution < 1.29 is 19.4 Å². The predicted molar refractivity (Wildman–Crippen MR) is 129 cm³/mol. The molecule has 0 aliphatic heterocycles. The molecule has 8 nitrogen and oxygen atoms in total. The highest BCUT2D eigenvalue weighted by molar-refractivity contribution is 7.20. The maximum Gasteiger partial charge on any atom is 0.348 e. The molecule has 33 heavy (non-hydrogen) atoms. The summed E-state index contributed by atoms with van der Waals surface area (Å²) in [4.78, 5) is 35.0. The van der Waals surface area contributed by atoms with Gasteiger partial charge in [0, 0.05) is 18.1 Å². The number of benzene rings is 1. The molecule has 0 amide bonds. The van der Waals surface area contributed by atoms with Gasteiger partial charge in [0.1, 0.15) is 34.0 Å². The Kier molecular flexibility index (Phi) is 8.47. The van der Waals surface area contributed by atoms with Crippen molar-refractivity contribution >= 4 is 39.1 Å². The lowest BCUT2D eigenvalue weighted by atomic mass is 10.2. The third kappa shape index (κ3) is 6.54. The van der Waals surface area contributed by atoms with Crippen molar-refractivity contribution in [2.75, 3.05) is 26.8 Å². The van der Waals surface area contributed by atoms with Gasteiger partial charge in [0.15, 0.2) is 0 Å². The molecule has 2 N–H and O–H groups in total. The number of fused-ring (bicyclic) bond motifs is 1. The summed E-state index contributed by atoms with van der Waals surface area (Å²) in [6, 6.07) is 6.95. The number of esters is 1. The van der Waals surface area contributed by atoms with Crippen LogP contribution in [0.5, 0.6) is 5.75 Å². The molecule has 0 aliphatic rings. The fourth-order valence-corrected chi connectivity index (χ4v) is 4.80. The zero-order valence-corrected chi connectivity index (χ0v) is 20.6. The van der Waals surface area contributed by atoms with Crippen molar-refractivity contribution in [2.45, 2.75) is 33.4 Å². The number of aromatic amines is 1. The topological polar surface area (TPSA) is 105 Å². The van der Waals surface area contributed by atoms with E-state index < -0.39 is 12.1 Å². The average molecular weight is 494 g/mol. The van der Waals surface area contributed by atoms with E-state index in [-0.39, 0.29) is 12.2 Å². The summed E-state index contributed by atoms with van der Waals surface area (Å²) in [7, 11) is 1.31. The molecule has 0 unspecified atom stereocenters. The van der Waals surface area contributed by atoms with Crippen molar-refractivity contribution in [1.82, 2.24) is 14.9 Å². The molecule has 3 aromatic rings. The molecular weight excluding hydrogens is 466 g/mol. The molecule has 0 radical (unpaired) electrons. The van der Waals surface area contributed by atoms with E-state index in [4.69, 9.17) is 21.1 Å². The highest BCUT2D eigenvalue weighted by atomic mass is 35.5. The summed E-state index contributed by atoms with van der Waals surface area (Å²) < 4.78 is 10.5. The van der Waals surface area contributed by atoms with Crippen LogP contribution in [0.15, 0.2) is 29.1 Å². The van der Waals surface area contributed by atoms with Gasteiger partial charge in [-0.2, -0.15) is 0 Å². The number of carbonyl (C=O) groups is 1. The van der Waals surface area contributed by atoms with Crippen LogP contribution in [0, 0.1) is 12.8 Å². The Balaban J connectivity index is 1.74. The van der Waals surface area contributed by atoms with Crippen LogP contribution >= 0.6 is 22.9 Å². The molecule has 1 aromatic carbocycles. The van der Waals surface area contributed by atoms with E-state index in [2.05, 4.69) is 23.8 Å². The number of aromatic nitrogens is 2. The molecule has 10 heteroatoms. The van der Waals surface area contributed by atoms with Gasteiger partial charge >= 0.3 is 5.97 Å². The second kappa shape index (κ2) is 11.1. The number of aliphatic hydroxyl groups is 1. The summed E-state index contributed by atoms with van der Waals surface area (Å²) in [5, 5.41) is 11.6. The highest BCUT2D eigenvalue weighted by Crippen LogP contribution is 2.27. The van der Waals surface area contributed by atoms with Gasteiger partial charge in [-0.25, -0.2) is 9.78 Å². The Bertz CT molecular complexity index is 1160. The first-order valence-corrected chi connectivity index (χ1v) is 11.8. The van der Waals surface area contributed by atoms with Crippen molar-refractivity contribution in [3.63, 3.8) is 0 Å². The maximum atomic E-state index is 12.7. The van der Waals surface area contributed by atoms with Crippen LogP contribution in [0.1, 0.15) is 34.9 Å². The number of halogens is 1. The van der Waals surface area contributed by atoms with Gasteiger partial charge < -0.3 is 19.6 Å². The summed E-state index contributed by atoms with van der Waals surface area (Å²) in [5.74, 6) is 0.942. The minimum atomic E-state index is -0.746. The van der Waals surface area contributed by atoms with Gasteiger partial charge in [-0.05, 0) is 42.7 Å². The minimum Gasteiger partial charge on any atom is -0.491 e. The lowest BCUT2D eigenvalue weighted by Crippen LogP contribution is -2.38. The summed E-state index contributed by atoms with van der Waals surface area (Å²) in [6.45, 7) is 7.35. The van der Waals surface area contributed by atoms with Gasteiger partial charge in [-0.1, -0.05) is 25.4 Å². The first-order chi connectivity index (χ1) is 15.7. The second-order valence-electron chi connectivity index (χ2n) is 8.25. The summed E-state index contributed by atoms with van der Waals surface area (Å²) >= 11 is 7.03. The fraction of sp³-hybridized carbons (Fsp3) is 0.435. The molecule has 2 aromatic heterocycles. The third-order valence-corrected chi connectivity index (χ3v) is 6.36. The van der Waals surface area contributed by atoms with Gasteiger partial charge in [-0.3, -0.25) is 9.69 Å². The smallest absolute Gasteiger partial charge is 0.348 e. The van der Waals surface area contributed by atoms with Crippen LogP contribution in [0.4, 0.5) is 0 Å². The molecule has 0 saturated carbocycles. The Labute approximate surface area is 201 Å². The maximum absolute atomic E-state index is 12.7. The van der Waals surface area contributed by atoms with Crippen molar-refractivity contribution in [2.24, 2.45) is 5.92 Å². The minimum absolute atomic E-state index is 0.117. The van der Waals surface area contributed by atoms with Gasteiger partial charge in [0.25, 0.3) is 5.56 Å². The van der Waals surface area contributed by atoms with Gasteiger partial charge in [0.2, 0.25) is 0 Å². The van der Waals surface area contributed by atoms with Crippen LogP contribution < -0.4 is 10.3 Å². The van der Waals surface area contributed by atoms with E-state index in [1.54, 1.807) is 31.2 Å².